The summed E-state index contributed by atoms with van der Waals surface area (Å²) in [5.41, 5.74) is 0.0707. The molecule has 0 saturated heterocycles. The van der Waals surface area contributed by atoms with Gasteiger partial charge in [0.1, 0.15) is 5.82 Å². The normalized spacial score (nSPS) is 10.9. The zero-order valence-electron chi connectivity index (χ0n) is 9.35. The third-order valence-electron chi connectivity index (χ3n) is 2.32. The highest BCUT2D eigenvalue weighted by Crippen LogP contribution is 2.26. The molecule has 4 heteroatoms. The molecule has 0 fully saturated rings. The van der Waals surface area contributed by atoms with Gasteiger partial charge in [0.15, 0.2) is 0 Å². The average Bonchev–Trinajstić information content (AvgIpc) is 2.22. The second-order valence-electron chi connectivity index (χ2n) is 4.27. The van der Waals surface area contributed by atoms with Crippen LogP contribution >= 0.6 is 15.9 Å². The molecule has 0 amide bonds. The number of rotatable bonds is 4. The zero-order valence-corrected chi connectivity index (χ0v) is 10.9. The predicted molar refractivity (Wildman–Crippen MR) is 66.6 cm³/mol. The van der Waals surface area contributed by atoms with Crippen molar-refractivity contribution in [1.82, 2.24) is 0 Å². The molecule has 1 N–H and O–H groups in total. The summed E-state index contributed by atoms with van der Waals surface area (Å²) >= 11 is 3.28. The Morgan fingerprint density at radius 2 is 2.19 bits per heavy atom. The van der Waals surface area contributed by atoms with E-state index in [9.17, 15) is 4.39 Å². The first-order chi connectivity index (χ1) is 7.46. The SMILES string of the molecule is CC(C)(C#N)CCNc1c(F)cccc1Br. The highest BCUT2D eigenvalue weighted by molar-refractivity contribution is 9.10. The van der Waals surface area contributed by atoms with Gasteiger partial charge in [0, 0.05) is 11.0 Å². The summed E-state index contributed by atoms with van der Waals surface area (Å²) in [6.45, 7) is 4.30. The Bertz CT molecular complexity index is 390. The molecule has 16 heavy (non-hydrogen) atoms. The minimum absolute atomic E-state index is 0.288. The van der Waals surface area contributed by atoms with E-state index in [1.165, 1.54) is 6.07 Å². The Hall–Kier alpha value is -1.08. The van der Waals surface area contributed by atoms with Gasteiger partial charge in [-0.3, -0.25) is 0 Å². The first-order valence-electron chi connectivity index (χ1n) is 5.05. The third-order valence-corrected chi connectivity index (χ3v) is 2.98. The van der Waals surface area contributed by atoms with Crippen LogP contribution in [0.1, 0.15) is 20.3 Å². The lowest BCUT2D eigenvalue weighted by Gasteiger charge is -2.16. The van der Waals surface area contributed by atoms with Gasteiger partial charge in [-0.05, 0) is 48.3 Å². The monoisotopic (exact) mass is 284 g/mol. The van der Waals surface area contributed by atoms with Crippen molar-refractivity contribution in [3.63, 3.8) is 0 Å². The van der Waals surface area contributed by atoms with Crippen molar-refractivity contribution < 1.29 is 4.39 Å². The Kier molecular flexibility index (Phi) is 4.31. The Morgan fingerprint density at radius 3 is 2.75 bits per heavy atom. The molecule has 1 aromatic rings. The van der Waals surface area contributed by atoms with Crippen LogP contribution in [0.4, 0.5) is 10.1 Å². The zero-order chi connectivity index (χ0) is 12.2. The van der Waals surface area contributed by atoms with Gasteiger partial charge < -0.3 is 5.32 Å². The number of nitrogens with zero attached hydrogens (tertiary/aromatic N) is 1. The van der Waals surface area contributed by atoms with E-state index in [-0.39, 0.29) is 11.2 Å². The smallest absolute Gasteiger partial charge is 0.147 e. The molecule has 1 rings (SSSR count). The van der Waals surface area contributed by atoms with Crippen molar-refractivity contribution in [2.45, 2.75) is 20.3 Å². The van der Waals surface area contributed by atoms with E-state index in [0.717, 1.165) is 0 Å². The number of nitrogens with one attached hydrogen (secondary N) is 1. The molecule has 0 bridgehead atoms. The molecule has 0 radical (unpaired) electrons. The first-order valence-corrected chi connectivity index (χ1v) is 5.85. The molecular formula is C12H14BrFN2. The van der Waals surface area contributed by atoms with E-state index in [2.05, 4.69) is 27.3 Å². The molecular weight excluding hydrogens is 271 g/mol. The molecule has 86 valence electrons. The second kappa shape index (κ2) is 5.31. The molecule has 2 nitrogen and oxygen atoms in total. The number of hydrogen-bond donors (Lipinski definition) is 1. The summed E-state index contributed by atoms with van der Waals surface area (Å²) in [5, 5.41) is 11.8. The minimum Gasteiger partial charge on any atom is -0.382 e. The summed E-state index contributed by atoms with van der Waals surface area (Å²) in [6, 6.07) is 7.04. The molecule has 0 saturated carbocycles. The molecule has 0 heterocycles. The molecule has 1 aromatic carbocycles. The van der Waals surface area contributed by atoms with Gasteiger partial charge in [-0.1, -0.05) is 6.07 Å². The van der Waals surface area contributed by atoms with Gasteiger partial charge in [0.05, 0.1) is 17.2 Å². The van der Waals surface area contributed by atoms with Gasteiger partial charge in [0.2, 0.25) is 0 Å². The van der Waals surface area contributed by atoms with Gasteiger partial charge in [0.25, 0.3) is 0 Å². The highest BCUT2D eigenvalue weighted by Gasteiger charge is 2.16. The van der Waals surface area contributed by atoms with E-state index in [0.29, 0.717) is 23.1 Å². The molecule has 0 atom stereocenters. The highest BCUT2D eigenvalue weighted by atomic mass is 79.9. The van der Waals surface area contributed by atoms with Crippen molar-refractivity contribution in [3.05, 3.63) is 28.5 Å². The third kappa shape index (κ3) is 3.49. The minimum atomic E-state index is -0.384. The maximum atomic E-state index is 13.4. The topological polar surface area (TPSA) is 35.8 Å². The Labute approximate surface area is 104 Å². The summed E-state index contributed by atoms with van der Waals surface area (Å²) in [5.74, 6) is -0.288. The van der Waals surface area contributed by atoms with Crippen LogP contribution in [-0.4, -0.2) is 6.54 Å². The largest absolute Gasteiger partial charge is 0.382 e. The summed E-state index contributed by atoms with van der Waals surface area (Å²) in [4.78, 5) is 0. The molecule has 0 aliphatic heterocycles. The summed E-state index contributed by atoms with van der Waals surface area (Å²) in [7, 11) is 0. The standard InChI is InChI=1S/C12H14BrFN2/c1-12(2,8-15)6-7-16-11-9(13)4-3-5-10(11)14/h3-5,16H,6-7H2,1-2H3. The maximum absolute atomic E-state index is 13.4. The molecule has 0 spiro atoms. The molecule has 0 unspecified atom stereocenters. The maximum Gasteiger partial charge on any atom is 0.147 e. The van der Waals surface area contributed by atoms with Crippen molar-refractivity contribution in [2.24, 2.45) is 5.41 Å². The van der Waals surface area contributed by atoms with E-state index in [1.54, 1.807) is 12.1 Å². The van der Waals surface area contributed by atoms with Gasteiger partial charge in [-0.15, -0.1) is 0 Å². The number of halogens is 2. The van der Waals surface area contributed by atoms with E-state index < -0.39 is 0 Å². The fourth-order valence-corrected chi connectivity index (χ4v) is 1.70. The lowest BCUT2D eigenvalue weighted by Crippen LogP contribution is -2.15. The van der Waals surface area contributed by atoms with E-state index in [1.807, 2.05) is 13.8 Å². The van der Waals surface area contributed by atoms with Crippen LogP contribution in [0.15, 0.2) is 22.7 Å². The molecule has 0 aromatic heterocycles. The van der Waals surface area contributed by atoms with Crippen LogP contribution in [-0.2, 0) is 0 Å². The Balaban J connectivity index is 2.60. The van der Waals surface area contributed by atoms with Crippen molar-refractivity contribution in [2.75, 3.05) is 11.9 Å². The lowest BCUT2D eigenvalue weighted by atomic mass is 9.91. The summed E-state index contributed by atoms with van der Waals surface area (Å²) < 4.78 is 14.1. The van der Waals surface area contributed by atoms with Gasteiger partial charge >= 0.3 is 0 Å². The van der Waals surface area contributed by atoms with Crippen LogP contribution in [0.25, 0.3) is 0 Å². The number of nitriles is 1. The average molecular weight is 285 g/mol. The van der Waals surface area contributed by atoms with Crippen molar-refractivity contribution >= 4 is 21.6 Å². The van der Waals surface area contributed by atoms with Crippen LogP contribution in [0.3, 0.4) is 0 Å². The number of hydrogen-bond acceptors (Lipinski definition) is 2. The number of para-hydroxylation sites is 1. The van der Waals surface area contributed by atoms with Crippen LogP contribution in [0.5, 0.6) is 0 Å². The van der Waals surface area contributed by atoms with Crippen LogP contribution < -0.4 is 5.32 Å². The first kappa shape index (κ1) is 13.0. The number of anilines is 1. The van der Waals surface area contributed by atoms with Gasteiger partial charge in [-0.25, -0.2) is 4.39 Å². The predicted octanol–water partition coefficient (Wildman–Crippen LogP) is 3.94. The second-order valence-corrected chi connectivity index (χ2v) is 5.12. The van der Waals surface area contributed by atoms with E-state index in [4.69, 9.17) is 5.26 Å². The Morgan fingerprint density at radius 1 is 1.50 bits per heavy atom. The number of benzene rings is 1. The van der Waals surface area contributed by atoms with Crippen molar-refractivity contribution in [1.29, 1.82) is 5.26 Å². The molecule has 0 aliphatic carbocycles. The fourth-order valence-electron chi connectivity index (χ4n) is 1.22. The fraction of sp³-hybridized carbons (Fsp3) is 0.417. The lowest BCUT2D eigenvalue weighted by molar-refractivity contribution is 0.466. The van der Waals surface area contributed by atoms with Gasteiger partial charge in [-0.2, -0.15) is 5.26 Å². The van der Waals surface area contributed by atoms with E-state index >= 15 is 0 Å². The van der Waals surface area contributed by atoms with Crippen molar-refractivity contribution in [3.8, 4) is 6.07 Å². The quantitative estimate of drug-likeness (QED) is 0.909. The molecule has 0 aliphatic rings. The van der Waals surface area contributed by atoms with Crippen LogP contribution in [0.2, 0.25) is 0 Å². The summed E-state index contributed by atoms with van der Waals surface area (Å²) in [6.07, 6.45) is 0.671. The van der Waals surface area contributed by atoms with Crippen LogP contribution in [0, 0.1) is 22.6 Å².